The number of carbonyl (C=O) groups is 3. The number of aliphatic carboxylic acids is 1. The predicted octanol–water partition coefficient (Wildman–Crippen LogP) is -2.99. The van der Waals surface area contributed by atoms with Crippen molar-refractivity contribution in [2.75, 3.05) is 13.2 Å². The Labute approximate surface area is 116 Å². The number of hydrogen-bond acceptors (Lipinski definition) is 6. The van der Waals surface area contributed by atoms with Crippen molar-refractivity contribution in [2.45, 2.75) is 32.0 Å². The van der Waals surface area contributed by atoms with Crippen LogP contribution in [0.2, 0.25) is 0 Å². The lowest BCUT2D eigenvalue weighted by Crippen LogP contribution is -2.57. The highest BCUT2D eigenvalue weighted by molar-refractivity contribution is 5.91. The quantitative estimate of drug-likeness (QED) is 0.278. The Morgan fingerprint density at radius 1 is 1.00 bits per heavy atom. The Kier molecular flexibility index (Phi) is 7.74. The van der Waals surface area contributed by atoms with Crippen molar-refractivity contribution >= 4 is 17.8 Å². The number of nitrogens with one attached hydrogen (secondary N) is 2. The minimum Gasteiger partial charge on any atom is -0.480 e. The van der Waals surface area contributed by atoms with Crippen LogP contribution in [0.15, 0.2) is 0 Å². The minimum atomic E-state index is -1.51. The number of amides is 2. The van der Waals surface area contributed by atoms with Crippen LogP contribution >= 0.6 is 0 Å². The molecular formula is C11H21N3O6. The highest BCUT2D eigenvalue weighted by Crippen LogP contribution is 1.99. The van der Waals surface area contributed by atoms with Crippen molar-refractivity contribution in [3.05, 3.63) is 0 Å². The van der Waals surface area contributed by atoms with Crippen LogP contribution in [0.3, 0.4) is 0 Å². The van der Waals surface area contributed by atoms with Crippen LogP contribution < -0.4 is 16.4 Å². The fourth-order valence-corrected chi connectivity index (χ4v) is 1.22. The second kappa shape index (κ2) is 8.46. The normalized spacial score (nSPS) is 15.3. The third-order valence-corrected chi connectivity index (χ3v) is 2.63. The number of rotatable bonds is 8. The maximum Gasteiger partial charge on any atom is 0.328 e. The summed E-state index contributed by atoms with van der Waals surface area (Å²) in [6.45, 7) is 1.90. The molecule has 0 aromatic heterocycles. The van der Waals surface area contributed by atoms with Crippen molar-refractivity contribution < 1.29 is 29.7 Å². The van der Waals surface area contributed by atoms with Gasteiger partial charge in [-0.05, 0) is 5.92 Å². The van der Waals surface area contributed by atoms with Crippen LogP contribution in [-0.4, -0.2) is 64.4 Å². The molecule has 0 saturated carbocycles. The summed E-state index contributed by atoms with van der Waals surface area (Å²) in [4.78, 5) is 34.0. The Bertz CT molecular complexity index is 360. The number of aliphatic hydroxyl groups is 2. The zero-order valence-electron chi connectivity index (χ0n) is 11.4. The molecule has 9 heteroatoms. The van der Waals surface area contributed by atoms with Gasteiger partial charge in [0.25, 0.3) is 0 Å². The highest BCUT2D eigenvalue weighted by atomic mass is 16.4. The molecular weight excluding hydrogens is 270 g/mol. The Morgan fingerprint density at radius 2 is 1.45 bits per heavy atom. The van der Waals surface area contributed by atoms with E-state index in [0.29, 0.717) is 0 Å². The van der Waals surface area contributed by atoms with Crippen molar-refractivity contribution in [1.29, 1.82) is 0 Å². The van der Waals surface area contributed by atoms with Crippen molar-refractivity contribution in [2.24, 2.45) is 11.7 Å². The lowest BCUT2D eigenvalue weighted by Gasteiger charge is -2.21. The standard InChI is InChI=1S/C11H21N3O6/c1-5(2)8(12)10(18)13-6(3-15)9(17)14-7(4-16)11(19)20/h5-8,15-16H,3-4,12H2,1-2H3,(H,13,18)(H,14,17)(H,19,20). The van der Waals surface area contributed by atoms with Gasteiger partial charge < -0.3 is 31.7 Å². The number of nitrogens with two attached hydrogens (primary N) is 1. The lowest BCUT2D eigenvalue weighted by atomic mass is 10.0. The molecule has 0 heterocycles. The summed E-state index contributed by atoms with van der Waals surface area (Å²) >= 11 is 0. The predicted molar refractivity (Wildman–Crippen MR) is 68.5 cm³/mol. The zero-order valence-corrected chi connectivity index (χ0v) is 11.4. The first-order valence-corrected chi connectivity index (χ1v) is 6.05. The number of hydrogen-bond donors (Lipinski definition) is 6. The largest absolute Gasteiger partial charge is 0.480 e. The average molecular weight is 291 g/mol. The van der Waals surface area contributed by atoms with Gasteiger partial charge in [0.1, 0.15) is 12.1 Å². The SMILES string of the molecule is CC(C)C(N)C(=O)NC(CO)C(=O)NC(CO)C(=O)O. The maximum absolute atomic E-state index is 11.7. The number of carboxylic acids is 1. The van der Waals surface area contributed by atoms with Gasteiger partial charge in [0.2, 0.25) is 11.8 Å². The molecule has 0 spiro atoms. The molecule has 0 aliphatic carbocycles. The number of carbonyl (C=O) groups excluding carboxylic acids is 2. The van der Waals surface area contributed by atoms with Crippen LogP contribution in [0.4, 0.5) is 0 Å². The third kappa shape index (κ3) is 5.51. The zero-order chi connectivity index (χ0) is 15.9. The van der Waals surface area contributed by atoms with Gasteiger partial charge in [-0.25, -0.2) is 4.79 Å². The molecule has 116 valence electrons. The van der Waals surface area contributed by atoms with Crippen molar-refractivity contribution in [3.8, 4) is 0 Å². The van der Waals surface area contributed by atoms with Crippen molar-refractivity contribution in [3.63, 3.8) is 0 Å². The molecule has 0 fully saturated rings. The van der Waals surface area contributed by atoms with Gasteiger partial charge in [0.15, 0.2) is 0 Å². The van der Waals surface area contributed by atoms with Crippen molar-refractivity contribution in [1.82, 2.24) is 10.6 Å². The van der Waals surface area contributed by atoms with E-state index < -0.39 is 49.1 Å². The molecule has 0 aromatic carbocycles. The molecule has 0 aliphatic rings. The van der Waals surface area contributed by atoms with Gasteiger partial charge >= 0.3 is 5.97 Å². The second-order valence-electron chi connectivity index (χ2n) is 4.60. The molecule has 0 rings (SSSR count). The number of carboxylic acid groups (broad SMARTS) is 1. The molecule has 0 bridgehead atoms. The van der Waals surface area contributed by atoms with Crippen LogP contribution in [0, 0.1) is 5.92 Å². The molecule has 20 heavy (non-hydrogen) atoms. The first kappa shape index (κ1) is 18.3. The van der Waals surface area contributed by atoms with Crippen LogP contribution in [0.25, 0.3) is 0 Å². The van der Waals surface area contributed by atoms with Crippen LogP contribution in [0.5, 0.6) is 0 Å². The minimum absolute atomic E-state index is 0.165. The Morgan fingerprint density at radius 3 is 1.80 bits per heavy atom. The summed E-state index contributed by atoms with van der Waals surface area (Å²) in [6, 6.07) is -3.70. The molecule has 9 nitrogen and oxygen atoms in total. The van der Waals surface area contributed by atoms with E-state index in [2.05, 4.69) is 5.32 Å². The maximum atomic E-state index is 11.7. The summed E-state index contributed by atoms with van der Waals surface area (Å²) in [5, 5.41) is 30.7. The highest BCUT2D eigenvalue weighted by Gasteiger charge is 2.27. The van der Waals surface area contributed by atoms with Crippen LogP contribution in [0.1, 0.15) is 13.8 Å². The van der Waals surface area contributed by atoms with E-state index in [1.54, 1.807) is 13.8 Å². The van der Waals surface area contributed by atoms with E-state index >= 15 is 0 Å². The molecule has 3 unspecified atom stereocenters. The van der Waals surface area contributed by atoms with Gasteiger partial charge in [-0.15, -0.1) is 0 Å². The second-order valence-corrected chi connectivity index (χ2v) is 4.60. The van der Waals surface area contributed by atoms with E-state index in [9.17, 15) is 14.4 Å². The average Bonchev–Trinajstić information content (AvgIpc) is 2.39. The Hall–Kier alpha value is -1.71. The summed E-state index contributed by atoms with van der Waals surface area (Å²) in [6.07, 6.45) is 0. The Balaban J connectivity index is 4.64. The van der Waals surface area contributed by atoms with Gasteiger partial charge in [-0.1, -0.05) is 13.8 Å². The van der Waals surface area contributed by atoms with E-state index in [-0.39, 0.29) is 5.92 Å². The number of aliphatic hydroxyl groups excluding tert-OH is 2. The smallest absolute Gasteiger partial charge is 0.328 e. The fraction of sp³-hybridized carbons (Fsp3) is 0.727. The lowest BCUT2D eigenvalue weighted by molar-refractivity contribution is -0.143. The van der Waals surface area contributed by atoms with Gasteiger partial charge in [0, 0.05) is 0 Å². The topological polar surface area (TPSA) is 162 Å². The van der Waals surface area contributed by atoms with Gasteiger partial charge in [-0.3, -0.25) is 9.59 Å². The van der Waals surface area contributed by atoms with Crippen LogP contribution in [-0.2, 0) is 14.4 Å². The summed E-state index contributed by atoms with van der Waals surface area (Å²) in [5.41, 5.74) is 5.58. The molecule has 7 N–H and O–H groups in total. The molecule has 0 aliphatic heterocycles. The van der Waals surface area contributed by atoms with E-state index in [1.807, 2.05) is 5.32 Å². The molecule has 2 amide bonds. The van der Waals surface area contributed by atoms with E-state index in [0.717, 1.165) is 0 Å². The first-order valence-electron chi connectivity index (χ1n) is 6.05. The van der Waals surface area contributed by atoms with E-state index in [1.165, 1.54) is 0 Å². The molecule has 3 atom stereocenters. The monoisotopic (exact) mass is 291 g/mol. The summed E-state index contributed by atoms with van der Waals surface area (Å²) in [7, 11) is 0. The molecule has 0 aromatic rings. The molecule has 0 radical (unpaired) electrons. The third-order valence-electron chi connectivity index (χ3n) is 2.63. The summed E-state index contributed by atoms with van der Waals surface area (Å²) in [5.74, 6) is -3.15. The fourth-order valence-electron chi connectivity index (χ4n) is 1.22. The molecule has 0 saturated heterocycles. The van der Waals surface area contributed by atoms with Gasteiger partial charge in [-0.2, -0.15) is 0 Å². The first-order chi connectivity index (χ1) is 9.24. The summed E-state index contributed by atoms with van der Waals surface area (Å²) < 4.78 is 0. The van der Waals surface area contributed by atoms with Gasteiger partial charge in [0.05, 0.1) is 19.3 Å². The van der Waals surface area contributed by atoms with E-state index in [4.69, 9.17) is 21.1 Å².